The molecule has 3 heterocycles. The fourth-order valence-electron chi connectivity index (χ4n) is 5.82. The third-order valence-corrected chi connectivity index (χ3v) is 7.94. The van der Waals surface area contributed by atoms with E-state index in [-0.39, 0.29) is 6.04 Å². The fourth-order valence-corrected chi connectivity index (χ4v) is 5.82. The van der Waals surface area contributed by atoms with Gasteiger partial charge in [0, 0.05) is 51.3 Å². The molecular weight excluding hydrogens is 529 g/mol. The summed E-state index contributed by atoms with van der Waals surface area (Å²) in [5.74, 6) is 2.54. The van der Waals surface area contributed by atoms with Crippen molar-refractivity contribution in [3.63, 3.8) is 0 Å². The molecule has 1 aromatic carbocycles. The molecule has 42 heavy (non-hydrogen) atoms. The van der Waals surface area contributed by atoms with Gasteiger partial charge in [-0.1, -0.05) is 31.2 Å². The molecule has 0 spiro atoms. The second-order valence-corrected chi connectivity index (χ2v) is 11.8. The third-order valence-electron chi connectivity index (χ3n) is 7.94. The van der Waals surface area contributed by atoms with Crippen LogP contribution in [0.15, 0.2) is 54.8 Å². The quantitative estimate of drug-likeness (QED) is 0.277. The average Bonchev–Trinajstić information content (AvgIpc) is 3.53. The number of methoxy groups -OCH3 is 1. The number of rotatable bonds is 13. The molecule has 2 aliphatic rings. The normalized spacial score (nSPS) is 19.8. The molecule has 0 saturated heterocycles. The number of alkyl halides is 1. The fraction of sp³-hybridized carbons (Fsp3) is 0.485. The molecule has 3 aromatic rings. The van der Waals surface area contributed by atoms with E-state index in [4.69, 9.17) is 14.7 Å². The highest BCUT2D eigenvalue weighted by molar-refractivity contribution is 5.82. The minimum atomic E-state index is -1.34. The number of aromatic nitrogens is 4. The van der Waals surface area contributed by atoms with Crippen molar-refractivity contribution in [1.29, 1.82) is 0 Å². The van der Waals surface area contributed by atoms with Crippen LogP contribution in [0.4, 0.5) is 10.3 Å². The first kappa shape index (κ1) is 29.9. The number of halogens is 1. The van der Waals surface area contributed by atoms with Gasteiger partial charge in [0.1, 0.15) is 17.2 Å². The Morgan fingerprint density at radius 3 is 2.79 bits per heavy atom. The summed E-state index contributed by atoms with van der Waals surface area (Å²) < 4.78 is 22.5. The van der Waals surface area contributed by atoms with E-state index in [0.717, 1.165) is 86.2 Å². The van der Waals surface area contributed by atoms with Gasteiger partial charge in [-0.2, -0.15) is 0 Å². The molecule has 5 rings (SSSR count). The second kappa shape index (κ2) is 13.2. The van der Waals surface area contributed by atoms with Crippen molar-refractivity contribution in [2.24, 2.45) is 0 Å². The van der Waals surface area contributed by atoms with Gasteiger partial charge in [0.05, 0.1) is 24.2 Å². The molecule has 0 saturated carbocycles. The Kier molecular flexibility index (Phi) is 9.38. The lowest BCUT2D eigenvalue weighted by Crippen LogP contribution is -2.30. The van der Waals surface area contributed by atoms with E-state index < -0.39 is 5.67 Å². The van der Waals surface area contributed by atoms with Crippen LogP contribution in [0, 0.1) is 0 Å². The Morgan fingerprint density at radius 1 is 1.19 bits per heavy atom. The van der Waals surface area contributed by atoms with Gasteiger partial charge in [-0.25, -0.2) is 19.3 Å². The van der Waals surface area contributed by atoms with Crippen LogP contribution < -0.4 is 10.1 Å². The predicted molar refractivity (Wildman–Crippen MR) is 167 cm³/mol. The zero-order valence-electron chi connectivity index (χ0n) is 25.6. The highest BCUT2D eigenvalue weighted by atomic mass is 19.1. The smallest absolute Gasteiger partial charge is 0.223 e. The molecular formula is C33H44FN7O. The lowest BCUT2D eigenvalue weighted by Gasteiger charge is -2.27. The van der Waals surface area contributed by atoms with Crippen molar-refractivity contribution in [1.82, 2.24) is 29.3 Å². The molecule has 1 N–H and O–H groups in total. The summed E-state index contributed by atoms with van der Waals surface area (Å²) >= 11 is 0. The number of fused-ring (bicyclic) bond motifs is 1. The van der Waals surface area contributed by atoms with E-state index in [1.807, 2.05) is 44.6 Å². The number of hydrogen-bond donors (Lipinski definition) is 1. The molecule has 0 radical (unpaired) electrons. The number of ether oxygens (including phenoxy) is 1. The van der Waals surface area contributed by atoms with Crippen LogP contribution in [-0.2, 0) is 13.0 Å². The number of nitrogens with zero attached hydrogens (tertiary/aromatic N) is 6. The summed E-state index contributed by atoms with van der Waals surface area (Å²) in [7, 11) is 5.80. The van der Waals surface area contributed by atoms with E-state index >= 15 is 0 Å². The zero-order chi connectivity index (χ0) is 29.7. The zero-order valence-corrected chi connectivity index (χ0v) is 25.6. The number of imidazole rings is 1. The maximum absolute atomic E-state index is 14.7. The number of hydrogen-bond acceptors (Lipinski definition) is 7. The molecule has 0 amide bonds. The largest absolute Gasteiger partial charge is 0.497 e. The Balaban J connectivity index is 1.49. The molecule has 0 bridgehead atoms. The number of allylic oxidation sites excluding steroid dienone is 4. The van der Waals surface area contributed by atoms with Crippen LogP contribution in [0.5, 0.6) is 5.75 Å². The second-order valence-electron chi connectivity index (χ2n) is 11.8. The first-order valence-corrected chi connectivity index (χ1v) is 15.0. The molecule has 224 valence electrons. The van der Waals surface area contributed by atoms with Crippen molar-refractivity contribution in [2.45, 2.75) is 57.8 Å². The maximum Gasteiger partial charge on any atom is 0.223 e. The van der Waals surface area contributed by atoms with Crippen LogP contribution >= 0.6 is 0 Å². The molecule has 2 unspecified atom stereocenters. The molecule has 1 aliphatic carbocycles. The van der Waals surface area contributed by atoms with Crippen LogP contribution in [-0.4, -0.2) is 82.4 Å². The number of anilines is 1. The first-order valence-electron chi connectivity index (χ1n) is 15.0. The van der Waals surface area contributed by atoms with Crippen molar-refractivity contribution in [3.05, 3.63) is 71.8 Å². The molecule has 2 aromatic heterocycles. The lowest BCUT2D eigenvalue weighted by molar-refractivity contribution is 0.226. The first-order chi connectivity index (χ1) is 20.3. The van der Waals surface area contributed by atoms with Gasteiger partial charge in [-0.3, -0.25) is 4.90 Å². The van der Waals surface area contributed by atoms with Gasteiger partial charge < -0.3 is 19.5 Å². The highest BCUT2D eigenvalue weighted by Gasteiger charge is 2.33. The lowest BCUT2D eigenvalue weighted by atomic mass is 9.93. The predicted octanol–water partition coefficient (Wildman–Crippen LogP) is 5.79. The van der Waals surface area contributed by atoms with E-state index in [0.29, 0.717) is 12.4 Å². The number of nitrogens with one attached hydrogen (secondary N) is 1. The van der Waals surface area contributed by atoms with E-state index in [1.54, 1.807) is 20.1 Å². The monoisotopic (exact) mass is 573 g/mol. The van der Waals surface area contributed by atoms with Crippen LogP contribution in [0.1, 0.15) is 56.2 Å². The minimum Gasteiger partial charge on any atom is -0.497 e. The summed E-state index contributed by atoms with van der Waals surface area (Å²) in [6, 6.07) is 10.5. The van der Waals surface area contributed by atoms with Gasteiger partial charge in [-0.05, 0) is 75.8 Å². The highest BCUT2D eigenvalue weighted by Crippen LogP contribution is 2.40. The summed E-state index contributed by atoms with van der Waals surface area (Å²) in [6.45, 7) is 8.21. The molecule has 8 nitrogen and oxygen atoms in total. The Morgan fingerprint density at radius 2 is 2.05 bits per heavy atom. The number of aryl methyl sites for hydroxylation is 1. The number of benzene rings is 1. The van der Waals surface area contributed by atoms with Crippen molar-refractivity contribution < 1.29 is 9.13 Å². The minimum absolute atomic E-state index is 0.244. The Hall–Kier alpha value is -3.56. The summed E-state index contributed by atoms with van der Waals surface area (Å²) in [5, 5.41) is 3.36. The SMILES string of the molecule is CCCN(Cc1cccc(OC)c1)CC1CCc2nc(C3=CCC(C)(F)C=C3)c(-c3ccnc(NCCN(C)C)n3)n21. The van der Waals surface area contributed by atoms with Gasteiger partial charge >= 0.3 is 0 Å². The standard InChI is InChI=1S/C33H44FN7O/c1-6-19-40(22-24-8-7-9-27(21-24)42-5)23-26-10-11-29-38-30(25-12-15-33(2,34)16-13-25)31(41(26)29)28-14-17-35-32(37-28)36-18-20-39(3)4/h7-9,12-15,17,21,26H,6,10-11,16,18-20,22-23H2,1-5H3,(H,35,36,37). The topological polar surface area (TPSA) is 71.3 Å². The molecule has 2 atom stereocenters. The van der Waals surface area contributed by atoms with Crippen molar-refractivity contribution in [2.75, 3.05) is 52.7 Å². The molecule has 9 heteroatoms. The van der Waals surface area contributed by atoms with Gasteiger partial charge in [0.25, 0.3) is 0 Å². The summed E-state index contributed by atoms with van der Waals surface area (Å²) in [5.41, 5.74) is 3.53. The van der Waals surface area contributed by atoms with Crippen molar-refractivity contribution >= 4 is 11.5 Å². The number of likely N-dealkylation sites (N-methyl/N-ethyl adjacent to an activating group) is 1. The van der Waals surface area contributed by atoms with E-state index in [9.17, 15) is 4.39 Å². The molecule has 0 fully saturated rings. The Bertz CT molecular complexity index is 1430. The van der Waals surface area contributed by atoms with Gasteiger partial charge in [0.2, 0.25) is 5.95 Å². The molecule has 1 aliphatic heterocycles. The maximum atomic E-state index is 14.7. The van der Waals surface area contributed by atoms with Crippen LogP contribution in [0.2, 0.25) is 0 Å². The Labute approximate surface area is 249 Å². The summed E-state index contributed by atoms with van der Waals surface area (Å²) in [4.78, 5) is 19.3. The van der Waals surface area contributed by atoms with Gasteiger partial charge in [-0.15, -0.1) is 0 Å². The van der Waals surface area contributed by atoms with Crippen LogP contribution in [0.3, 0.4) is 0 Å². The van der Waals surface area contributed by atoms with Gasteiger partial charge in [0.15, 0.2) is 0 Å². The van der Waals surface area contributed by atoms with E-state index in [2.05, 4.69) is 49.8 Å². The van der Waals surface area contributed by atoms with E-state index in [1.165, 1.54) is 5.56 Å². The summed E-state index contributed by atoms with van der Waals surface area (Å²) in [6.07, 6.45) is 10.6. The van der Waals surface area contributed by atoms with Crippen molar-refractivity contribution in [3.8, 4) is 17.1 Å². The van der Waals surface area contributed by atoms with Crippen LogP contribution in [0.25, 0.3) is 17.0 Å². The third kappa shape index (κ3) is 7.07. The average molecular weight is 574 g/mol.